The van der Waals surface area contributed by atoms with Gasteiger partial charge in [0.25, 0.3) is 0 Å². The van der Waals surface area contributed by atoms with Gasteiger partial charge in [-0.25, -0.2) is 17.6 Å². The van der Waals surface area contributed by atoms with Crippen LogP contribution >= 0.6 is 11.8 Å². The minimum atomic E-state index is -3.92. The van der Waals surface area contributed by atoms with E-state index in [4.69, 9.17) is 0 Å². The number of carbonyl (C=O) groups excluding carboxylic acids is 1. The van der Waals surface area contributed by atoms with Gasteiger partial charge in [0.05, 0.1) is 0 Å². The van der Waals surface area contributed by atoms with E-state index >= 15 is 0 Å². The number of rotatable bonds is 5. The predicted octanol–water partition coefficient (Wildman–Crippen LogP) is 2.95. The maximum Gasteiger partial charge on any atom is 0.307 e. The lowest BCUT2D eigenvalue weighted by Gasteiger charge is -2.13. The van der Waals surface area contributed by atoms with Gasteiger partial charge in [-0.3, -0.25) is 4.79 Å². The van der Waals surface area contributed by atoms with Crippen molar-refractivity contribution in [1.29, 1.82) is 0 Å². The van der Waals surface area contributed by atoms with E-state index in [-0.39, 0.29) is 17.3 Å². The summed E-state index contributed by atoms with van der Waals surface area (Å²) in [5.74, 6) is -3.75. The van der Waals surface area contributed by atoms with Gasteiger partial charge in [-0.15, -0.1) is 0 Å². The fourth-order valence-electron chi connectivity index (χ4n) is 0.633. The van der Waals surface area contributed by atoms with Gasteiger partial charge in [0.1, 0.15) is 0 Å². The molecule has 0 heterocycles. The highest BCUT2D eigenvalue weighted by atomic mass is 32.2. The number of halogens is 4. The largest absolute Gasteiger partial charge is 0.307 e. The minimum absolute atomic E-state index is 0.0818. The van der Waals surface area contributed by atoms with Crippen molar-refractivity contribution in [1.82, 2.24) is 0 Å². The molecule has 0 aromatic rings. The quantitative estimate of drug-likeness (QED) is 0.521. The Balaban J connectivity index is 3.58. The Morgan fingerprint density at radius 1 is 1.46 bits per heavy atom. The van der Waals surface area contributed by atoms with Crippen LogP contribution in [-0.4, -0.2) is 23.2 Å². The van der Waals surface area contributed by atoms with Crippen molar-refractivity contribution in [2.75, 3.05) is 5.75 Å². The monoisotopic (exact) mass is 218 g/mol. The minimum Gasteiger partial charge on any atom is -0.288 e. The molecule has 1 nitrogen and oxygen atoms in total. The molecule has 0 radical (unpaired) electrons. The second kappa shape index (κ2) is 5.47. The highest BCUT2D eigenvalue weighted by Gasteiger charge is 2.39. The third-order valence-corrected chi connectivity index (χ3v) is 2.18. The normalized spacial score (nSPS) is 12.2. The second-order valence-electron chi connectivity index (χ2n) is 2.51. The molecule has 0 saturated heterocycles. The number of hydrogen-bond donors (Lipinski definition) is 0. The first-order valence-corrected chi connectivity index (χ1v) is 4.64. The van der Waals surface area contributed by atoms with E-state index in [2.05, 4.69) is 0 Å². The van der Waals surface area contributed by atoms with Gasteiger partial charge in [0.15, 0.2) is 5.12 Å². The Hall–Kier alpha value is -0.260. The Kier molecular flexibility index (Phi) is 5.36. The fourth-order valence-corrected chi connectivity index (χ4v) is 1.21. The Bertz CT molecular complexity index is 172. The van der Waals surface area contributed by atoms with Crippen LogP contribution in [0.3, 0.4) is 0 Å². The van der Waals surface area contributed by atoms with Crippen molar-refractivity contribution in [2.45, 2.75) is 32.1 Å². The smallest absolute Gasteiger partial charge is 0.288 e. The SMILES string of the molecule is CC(=O)SCCCC(F)(F)C(F)F. The van der Waals surface area contributed by atoms with Crippen molar-refractivity contribution < 1.29 is 22.4 Å². The average Bonchev–Trinajstić information content (AvgIpc) is 1.97. The van der Waals surface area contributed by atoms with E-state index in [1.807, 2.05) is 0 Å². The van der Waals surface area contributed by atoms with Gasteiger partial charge in [-0.1, -0.05) is 11.8 Å². The number of hydrogen-bond acceptors (Lipinski definition) is 2. The van der Waals surface area contributed by atoms with Crippen molar-refractivity contribution in [3.8, 4) is 0 Å². The van der Waals surface area contributed by atoms with Crippen molar-refractivity contribution in [3.05, 3.63) is 0 Å². The van der Waals surface area contributed by atoms with E-state index in [9.17, 15) is 22.4 Å². The molecule has 78 valence electrons. The van der Waals surface area contributed by atoms with Crippen molar-refractivity contribution in [3.63, 3.8) is 0 Å². The van der Waals surface area contributed by atoms with Crippen LogP contribution in [0.25, 0.3) is 0 Å². The molecule has 0 atom stereocenters. The first kappa shape index (κ1) is 12.7. The highest BCUT2D eigenvalue weighted by Crippen LogP contribution is 2.28. The highest BCUT2D eigenvalue weighted by molar-refractivity contribution is 8.13. The zero-order valence-corrected chi connectivity index (χ0v) is 7.84. The lowest BCUT2D eigenvalue weighted by atomic mass is 10.2. The zero-order valence-electron chi connectivity index (χ0n) is 7.03. The van der Waals surface area contributed by atoms with Crippen LogP contribution in [0.2, 0.25) is 0 Å². The van der Waals surface area contributed by atoms with Gasteiger partial charge in [0, 0.05) is 19.1 Å². The maximum absolute atomic E-state index is 12.2. The molecule has 13 heavy (non-hydrogen) atoms. The molecular weight excluding hydrogens is 208 g/mol. The standard InChI is InChI=1S/C7H10F4OS/c1-5(12)13-4-2-3-7(10,11)6(8)9/h6H,2-4H2,1H3. The second-order valence-corrected chi connectivity index (χ2v) is 3.78. The van der Waals surface area contributed by atoms with Crippen LogP contribution in [0.4, 0.5) is 17.6 Å². The summed E-state index contributed by atoms with van der Waals surface area (Å²) in [7, 11) is 0. The molecule has 0 aliphatic heterocycles. The zero-order chi connectivity index (χ0) is 10.5. The average molecular weight is 218 g/mol. The van der Waals surface area contributed by atoms with Gasteiger partial charge in [-0.2, -0.15) is 0 Å². The summed E-state index contributed by atoms with van der Waals surface area (Å²) in [6.07, 6.45) is -4.57. The Labute approximate surface area is 77.9 Å². The summed E-state index contributed by atoms with van der Waals surface area (Å²) < 4.78 is 47.6. The third kappa shape index (κ3) is 5.90. The van der Waals surface area contributed by atoms with Crippen molar-refractivity contribution >= 4 is 16.9 Å². The third-order valence-electron chi connectivity index (χ3n) is 1.28. The first-order chi connectivity index (χ1) is 5.86. The summed E-state index contributed by atoms with van der Waals surface area (Å²) in [5, 5.41) is -0.194. The molecule has 0 aliphatic carbocycles. The van der Waals surface area contributed by atoms with Crippen LogP contribution in [0.5, 0.6) is 0 Å². The molecule has 0 bridgehead atoms. The summed E-state index contributed by atoms with van der Waals surface area (Å²) in [4.78, 5) is 10.3. The molecule has 0 rings (SSSR count). The first-order valence-electron chi connectivity index (χ1n) is 3.65. The van der Waals surface area contributed by atoms with E-state index in [1.54, 1.807) is 0 Å². The number of alkyl halides is 4. The molecule has 0 saturated carbocycles. The molecule has 0 N–H and O–H groups in total. The van der Waals surface area contributed by atoms with Gasteiger partial charge >= 0.3 is 12.3 Å². The van der Waals surface area contributed by atoms with E-state index < -0.39 is 18.8 Å². The topological polar surface area (TPSA) is 17.1 Å². The summed E-state index contributed by atoms with van der Waals surface area (Å²) >= 11 is 0.867. The summed E-state index contributed by atoms with van der Waals surface area (Å²) in [6, 6.07) is 0. The molecule has 0 aromatic heterocycles. The molecule has 6 heteroatoms. The number of thioether (sulfide) groups is 1. The maximum atomic E-state index is 12.2. The summed E-state index contributed by atoms with van der Waals surface area (Å²) in [5.41, 5.74) is 0. The van der Waals surface area contributed by atoms with Crippen LogP contribution in [0.1, 0.15) is 19.8 Å². The molecule has 0 aliphatic rings. The molecule has 0 amide bonds. The van der Waals surface area contributed by atoms with Crippen LogP contribution in [0.15, 0.2) is 0 Å². The number of carbonyl (C=O) groups is 1. The van der Waals surface area contributed by atoms with Gasteiger partial charge in [-0.05, 0) is 6.42 Å². The molecule has 0 spiro atoms. The van der Waals surface area contributed by atoms with Crippen LogP contribution in [0, 0.1) is 0 Å². The molecule has 0 fully saturated rings. The predicted molar refractivity (Wildman–Crippen MR) is 43.3 cm³/mol. The Morgan fingerprint density at radius 3 is 2.38 bits per heavy atom. The van der Waals surface area contributed by atoms with Gasteiger partial charge in [0.2, 0.25) is 0 Å². The molecule has 0 aromatic carbocycles. The van der Waals surface area contributed by atoms with E-state index in [0.717, 1.165) is 11.8 Å². The molecule has 0 unspecified atom stereocenters. The van der Waals surface area contributed by atoms with Crippen LogP contribution in [-0.2, 0) is 4.79 Å². The van der Waals surface area contributed by atoms with Crippen molar-refractivity contribution in [2.24, 2.45) is 0 Å². The lowest BCUT2D eigenvalue weighted by molar-refractivity contribution is -0.132. The van der Waals surface area contributed by atoms with Gasteiger partial charge < -0.3 is 0 Å². The lowest BCUT2D eigenvalue weighted by Crippen LogP contribution is -2.26. The Morgan fingerprint density at radius 2 is 2.00 bits per heavy atom. The molecular formula is C7H10F4OS. The summed E-state index contributed by atoms with van der Waals surface area (Å²) in [6.45, 7) is 1.30. The van der Waals surface area contributed by atoms with Crippen LogP contribution < -0.4 is 0 Å². The van der Waals surface area contributed by atoms with E-state index in [0.29, 0.717) is 0 Å². The van der Waals surface area contributed by atoms with E-state index in [1.165, 1.54) is 6.92 Å². The fraction of sp³-hybridized carbons (Fsp3) is 0.857.